The summed E-state index contributed by atoms with van der Waals surface area (Å²) < 4.78 is 62.9. The van der Waals surface area contributed by atoms with Crippen molar-refractivity contribution in [2.24, 2.45) is 0 Å². The van der Waals surface area contributed by atoms with Crippen molar-refractivity contribution < 1.29 is 46.8 Å². The standard InChI is InChI=1S/C44H46F2O8/c1-28-39-22-31(53-43(47)37-18-12-29(24-41(37)45)49-20-8-4-2-6-10-33-26-51-33)14-16-35(39)36-17-15-32(23-40(28)36)54-44(48)38-19-13-30(25-42(38)46)50-21-9-5-3-7-11-34-27-52-34/h12-19,22-25,28,33-34H,2-11,20-21,26-27H2,1H3. The molecule has 0 saturated carbocycles. The van der Waals surface area contributed by atoms with Crippen LogP contribution in [0.25, 0.3) is 11.1 Å². The van der Waals surface area contributed by atoms with Crippen LogP contribution in [0.1, 0.15) is 109 Å². The lowest BCUT2D eigenvalue weighted by Crippen LogP contribution is -2.11. The lowest BCUT2D eigenvalue weighted by molar-refractivity contribution is 0.0719. The number of unbranched alkanes of at least 4 members (excludes halogenated alkanes) is 6. The number of halogens is 2. The maximum Gasteiger partial charge on any atom is 0.346 e. The first-order chi connectivity index (χ1) is 26.3. The summed E-state index contributed by atoms with van der Waals surface area (Å²) in [7, 11) is 0. The van der Waals surface area contributed by atoms with Gasteiger partial charge in [-0.2, -0.15) is 0 Å². The summed E-state index contributed by atoms with van der Waals surface area (Å²) in [5.41, 5.74) is 3.31. The molecule has 0 N–H and O–H groups in total. The Morgan fingerprint density at radius 2 is 0.981 bits per heavy atom. The lowest BCUT2D eigenvalue weighted by Gasteiger charge is -2.11. The van der Waals surface area contributed by atoms with Crippen molar-refractivity contribution in [2.45, 2.75) is 89.3 Å². The van der Waals surface area contributed by atoms with Crippen molar-refractivity contribution >= 4 is 11.9 Å². The minimum atomic E-state index is -0.812. The van der Waals surface area contributed by atoms with Crippen LogP contribution in [0.2, 0.25) is 0 Å². The maximum absolute atomic E-state index is 14.9. The molecule has 0 radical (unpaired) electrons. The summed E-state index contributed by atoms with van der Waals surface area (Å²) in [6, 6.07) is 18.9. The van der Waals surface area contributed by atoms with Gasteiger partial charge in [-0.05, 0) is 96.5 Å². The highest BCUT2D eigenvalue weighted by atomic mass is 19.1. The summed E-state index contributed by atoms with van der Waals surface area (Å²) in [6.45, 7) is 4.72. The van der Waals surface area contributed by atoms with E-state index in [2.05, 4.69) is 0 Å². The predicted molar refractivity (Wildman–Crippen MR) is 199 cm³/mol. The van der Waals surface area contributed by atoms with Gasteiger partial charge in [-0.25, -0.2) is 18.4 Å². The Labute approximate surface area is 314 Å². The van der Waals surface area contributed by atoms with E-state index >= 15 is 0 Å². The van der Waals surface area contributed by atoms with Crippen molar-refractivity contribution in [3.05, 3.63) is 107 Å². The zero-order chi connectivity index (χ0) is 37.4. The van der Waals surface area contributed by atoms with Gasteiger partial charge in [0.25, 0.3) is 0 Å². The summed E-state index contributed by atoms with van der Waals surface area (Å²) >= 11 is 0. The number of benzene rings is 4. The molecule has 4 aromatic rings. The largest absolute Gasteiger partial charge is 0.493 e. The predicted octanol–water partition coefficient (Wildman–Crippen LogP) is 9.99. The maximum atomic E-state index is 14.9. The van der Waals surface area contributed by atoms with Crippen molar-refractivity contribution in [3.8, 4) is 34.1 Å². The first kappa shape index (κ1) is 37.5. The van der Waals surface area contributed by atoms with E-state index < -0.39 is 23.6 Å². The van der Waals surface area contributed by atoms with Crippen LogP contribution in [0.3, 0.4) is 0 Å². The molecule has 2 saturated heterocycles. The topological polar surface area (TPSA) is 96.1 Å². The number of fused-ring (bicyclic) bond motifs is 3. The Hall–Kier alpha value is -4.80. The highest BCUT2D eigenvalue weighted by Gasteiger charge is 2.28. The second-order valence-electron chi connectivity index (χ2n) is 14.3. The first-order valence-electron chi connectivity index (χ1n) is 19.1. The van der Waals surface area contributed by atoms with Crippen molar-refractivity contribution in [1.29, 1.82) is 0 Å². The molecule has 3 aliphatic rings. The number of rotatable bonds is 20. The molecule has 4 aromatic carbocycles. The molecular formula is C44H46F2O8. The average molecular weight is 741 g/mol. The molecule has 8 nitrogen and oxygen atoms in total. The molecule has 2 aliphatic heterocycles. The zero-order valence-corrected chi connectivity index (χ0v) is 30.6. The van der Waals surface area contributed by atoms with Crippen LogP contribution in [-0.2, 0) is 9.47 Å². The van der Waals surface area contributed by atoms with Gasteiger partial charge in [-0.3, -0.25) is 0 Å². The molecule has 2 heterocycles. The molecular weight excluding hydrogens is 694 g/mol. The molecule has 2 fully saturated rings. The van der Waals surface area contributed by atoms with Crippen LogP contribution < -0.4 is 18.9 Å². The third kappa shape index (κ3) is 9.84. The fourth-order valence-corrected chi connectivity index (χ4v) is 6.91. The van der Waals surface area contributed by atoms with Crippen LogP contribution in [0.4, 0.5) is 8.78 Å². The van der Waals surface area contributed by atoms with Crippen molar-refractivity contribution in [1.82, 2.24) is 0 Å². The molecule has 0 aromatic heterocycles. The second-order valence-corrected chi connectivity index (χ2v) is 14.3. The van der Waals surface area contributed by atoms with Gasteiger partial charge in [0.15, 0.2) is 0 Å². The zero-order valence-electron chi connectivity index (χ0n) is 30.6. The summed E-state index contributed by atoms with van der Waals surface area (Å²) in [6.07, 6.45) is 11.4. The van der Waals surface area contributed by atoms with Gasteiger partial charge in [0, 0.05) is 18.1 Å². The van der Waals surface area contributed by atoms with E-state index in [-0.39, 0.29) is 28.5 Å². The molecule has 7 rings (SSSR count). The van der Waals surface area contributed by atoms with E-state index in [0.29, 0.717) is 36.9 Å². The van der Waals surface area contributed by atoms with E-state index in [1.807, 2.05) is 19.1 Å². The highest BCUT2D eigenvalue weighted by molar-refractivity contribution is 5.93. The monoisotopic (exact) mass is 740 g/mol. The van der Waals surface area contributed by atoms with Gasteiger partial charge in [-0.15, -0.1) is 0 Å². The number of hydrogen-bond donors (Lipinski definition) is 0. The molecule has 54 heavy (non-hydrogen) atoms. The van der Waals surface area contributed by atoms with Crippen LogP contribution in [-0.4, -0.2) is 50.6 Å². The van der Waals surface area contributed by atoms with Gasteiger partial charge in [0.05, 0.1) is 49.8 Å². The van der Waals surface area contributed by atoms with Gasteiger partial charge < -0.3 is 28.4 Å². The number of carbonyl (C=O) groups is 2. The highest BCUT2D eigenvalue weighted by Crippen LogP contribution is 2.47. The third-order valence-corrected chi connectivity index (χ3v) is 10.2. The number of epoxide rings is 2. The first-order valence-corrected chi connectivity index (χ1v) is 19.1. The van der Waals surface area contributed by atoms with Gasteiger partial charge in [0.2, 0.25) is 0 Å². The summed E-state index contributed by atoms with van der Waals surface area (Å²) in [4.78, 5) is 26.0. The van der Waals surface area contributed by atoms with Crippen molar-refractivity contribution in [3.63, 3.8) is 0 Å². The molecule has 0 spiro atoms. The van der Waals surface area contributed by atoms with Gasteiger partial charge in [-0.1, -0.05) is 57.6 Å². The molecule has 0 bridgehead atoms. The van der Waals surface area contributed by atoms with E-state index in [9.17, 15) is 18.4 Å². The second kappa shape index (κ2) is 17.6. The van der Waals surface area contributed by atoms with Crippen LogP contribution in [0.15, 0.2) is 72.8 Å². The summed E-state index contributed by atoms with van der Waals surface area (Å²) in [5, 5.41) is 0. The molecule has 2 atom stereocenters. The minimum Gasteiger partial charge on any atom is -0.493 e. The van der Waals surface area contributed by atoms with E-state index in [0.717, 1.165) is 99.7 Å². The average Bonchev–Trinajstić information content (AvgIpc) is 4.11. The molecule has 284 valence electrons. The Bertz CT molecular complexity index is 1810. The van der Waals surface area contributed by atoms with Crippen LogP contribution >= 0.6 is 0 Å². The van der Waals surface area contributed by atoms with Gasteiger partial charge >= 0.3 is 11.9 Å². The fourth-order valence-electron chi connectivity index (χ4n) is 6.91. The van der Waals surface area contributed by atoms with E-state index in [1.54, 1.807) is 36.4 Å². The number of hydrogen-bond acceptors (Lipinski definition) is 8. The quantitative estimate of drug-likeness (QED) is 0.0383. The summed E-state index contributed by atoms with van der Waals surface area (Å²) in [5.74, 6) is -1.90. The SMILES string of the molecule is CC1c2cc(OC(=O)c3ccc(OCCCCCCC4CO4)cc3F)ccc2-c2ccc(OC(=O)c3ccc(OCCCCCCC4CO4)cc3F)cc21. The van der Waals surface area contributed by atoms with Gasteiger partial charge in [0.1, 0.15) is 34.6 Å². The lowest BCUT2D eigenvalue weighted by atomic mass is 9.99. The molecule has 10 heteroatoms. The molecule has 1 aliphatic carbocycles. The van der Waals surface area contributed by atoms with Crippen molar-refractivity contribution in [2.75, 3.05) is 26.4 Å². The van der Waals surface area contributed by atoms with E-state index in [1.165, 1.54) is 24.3 Å². The Morgan fingerprint density at radius 3 is 1.39 bits per heavy atom. The Balaban J connectivity index is 0.892. The smallest absolute Gasteiger partial charge is 0.346 e. The fraction of sp³-hybridized carbons (Fsp3) is 0.409. The van der Waals surface area contributed by atoms with Crippen LogP contribution in [0.5, 0.6) is 23.0 Å². The Morgan fingerprint density at radius 1 is 0.574 bits per heavy atom. The number of carbonyl (C=O) groups excluding carboxylic acids is 2. The molecule has 2 unspecified atom stereocenters. The number of ether oxygens (including phenoxy) is 6. The Kier molecular flexibility index (Phi) is 12.2. The normalized spacial score (nSPS) is 17.7. The van der Waals surface area contributed by atoms with E-state index in [4.69, 9.17) is 28.4 Å². The molecule has 0 amide bonds. The number of esters is 2. The minimum absolute atomic E-state index is 0.131. The third-order valence-electron chi connectivity index (χ3n) is 10.2. The van der Waals surface area contributed by atoms with Crippen LogP contribution in [0, 0.1) is 11.6 Å².